The Morgan fingerprint density at radius 2 is 0.643 bits per heavy atom. The molecule has 0 N–H and O–H groups in total. The van der Waals surface area contributed by atoms with Gasteiger partial charge < -0.3 is 0 Å². The summed E-state index contributed by atoms with van der Waals surface area (Å²) in [6.07, 6.45) is 37.4. The lowest BCUT2D eigenvalue weighted by Crippen LogP contribution is -1.69. The van der Waals surface area contributed by atoms with E-state index in [4.69, 9.17) is 0 Å². The lowest BCUT2D eigenvalue weighted by Gasteiger charge is -1.90. The standard InChI is InChI=1S/C28H36/c1-7-9-11-17-25(3)21-15-23-27(5)19-13-14-20-28(6)24-16-22-26(4)18-12-10-8-2/h7-24H,1-6H3/b9-7-,10-8-,14-13+,17-11+,18-12+,23-15+,24-16+,25-21+,26-22+,27-19+,28-20+. The van der Waals surface area contributed by atoms with Gasteiger partial charge in [-0.05, 0) is 41.5 Å². The Kier molecular flexibility index (Phi) is 15.8. The predicted octanol–water partition coefficient (Wildman–Crippen LogP) is 8.70. The first-order valence-corrected chi connectivity index (χ1v) is 9.80. The molecule has 0 aromatic heterocycles. The van der Waals surface area contributed by atoms with E-state index in [1.807, 2.05) is 50.3 Å². The molecule has 0 rings (SSSR count). The summed E-state index contributed by atoms with van der Waals surface area (Å²) in [6, 6.07) is 0. The lowest BCUT2D eigenvalue weighted by atomic mass is 10.2. The van der Waals surface area contributed by atoms with Crippen molar-refractivity contribution in [2.24, 2.45) is 0 Å². The van der Waals surface area contributed by atoms with Crippen LogP contribution in [0.1, 0.15) is 41.5 Å². The minimum absolute atomic E-state index is 1.21. The van der Waals surface area contributed by atoms with Crippen LogP contribution in [0, 0.1) is 0 Å². The van der Waals surface area contributed by atoms with E-state index in [1.165, 1.54) is 22.3 Å². The lowest BCUT2D eigenvalue weighted by molar-refractivity contribution is 1.48. The first-order valence-electron chi connectivity index (χ1n) is 9.80. The highest BCUT2D eigenvalue weighted by molar-refractivity contribution is 5.32. The molecule has 0 fully saturated rings. The van der Waals surface area contributed by atoms with Crippen LogP contribution in [0.4, 0.5) is 0 Å². The van der Waals surface area contributed by atoms with Gasteiger partial charge in [0.05, 0.1) is 0 Å². The summed E-state index contributed by atoms with van der Waals surface area (Å²) < 4.78 is 0. The second-order valence-electron chi connectivity index (χ2n) is 6.52. The van der Waals surface area contributed by atoms with Gasteiger partial charge in [0.2, 0.25) is 0 Å². The van der Waals surface area contributed by atoms with Crippen LogP contribution < -0.4 is 0 Å². The molecule has 28 heavy (non-hydrogen) atoms. The Hall–Kier alpha value is -2.86. The minimum Gasteiger partial charge on any atom is -0.0877 e. The van der Waals surface area contributed by atoms with E-state index < -0.39 is 0 Å². The smallest absolute Gasteiger partial charge is 0.0398 e. The second-order valence-corrected chi connectivity index (χ2v) is 6.52. The molecule has 0 bridgehead atoms. The topological polar surface area (TPSA) is 0 Å². The fourth-order valence-corrected chi connectivity index (χ4v) is 1.98. The van der Waals surface area contributed by atoms with Crippen LogP contribution in [0.15, 0.2) is 132 Å². The molecule has 0 spiro atoms. The number of allylic oxidation sites excluding steroid dienone is 22. The Bertz CT molecular complexity index is 695. The molecule has 0 radical (unpaired) electrons. The third-order valence-electron chi connectivity index (χ3n) is 3.59. The maximum atomic E-state index is 2.11. The van der Waals surface area contributed by atoms with E-state index in [1.54, 1.807) is 0 Å². The molecule has 0 aliphatic rings. The Labute approximate surface area is 173 Å². The van der Waals surface area contributed by atoms with Crippen molar-refractivity contribution in [2.45, 2.75) is 41.5 Å². The van der Waals surface area contributed by atoms with Crippen LogP contribution in [-0.2, 0) is 0 Å². The van der Waals surface area contributed by atoms with Crippen molar-refractivity contribution in [3.63, 3.8) is 0 Å². The van der Waals surface area contributed by atoms with E-state index >= 15 is 0 Å². The average molecular weight is 373 g/mol. The number of hydrogen-bond acceptors (Lipinski definition) is 0. The van der Waals surface area contributed by atoms with Gasteiger partial charge in [-0.1, -0.05) is 132 Å². The molecule has 0 heteroatoms. The van der Waals surface area contributed by atoms with Crippen LogP contribution in [0.3, 0.4) is 0 Å². The molecule has 0 saturated carbocycles. The summed E-state index contributed by atoms with van der Waals surface area (Å²) in [6.45, 7) is 12.4. The molecule has 0 aliphatic carbocycles. The maximum Gasteiger partial charge on any atom is -0.0398 e. The summed E-state index contributed by atoms with van der Waals surface area (Å²) in [5.41, 5.74) is 4.88. The van der Waals surface area contributed by atoms with Gasteiger partial charge in [0, 0.05) is 0 Å². The fourth-order valence-electron chi connectivity index (χ4n) is 1.98. The van der Waals surface area contributed by atoms with Crippen molar-refractivity contribution in [2.75, 3.05) is 0 Å². The normalized spacial score (nSPS) is 16.1. The van der Waals surface area contributed by atoms with Crippen LogP contribution in [0.5, 0.6) is 0 Å². The fraction of sp³-hybridized carbons (Fsp3) is 0.214. The SMILES string of the molecule is C\C=C/C=C/C(C)=C/C=C/C(C)=C/C=C/C=C(C)/C=C/C=C(C)/C=C/C=C\C. The molecule has 0 nitrogen and oxygen atoms in total. The van der Waals surface area contributed by atoms with Gasteiger partial charge in [0.25, 0.3) is 0 Å². The van der Waals surface area contributed by atoms with E-state index in [-0.39, 0.29) is 0 Å². The van der Waals surface area contributed by atoms with E-state index in [0.29, 0.717) is 0 Å². The molecule has 148 valence electrons. The summed E-state index contributed by atoms with van der Waals surface area (Å²) >= 11 is 0. The van der Waals surface area contributed by atoms with Crippen LogP contribution in [0.2, 0.25) is 0 Å². The molecular formula is C28H36. The zero-order chi connectivity index (χ0) is 21.0. The molecule has 0 saturated heterocycles. The highest BCUT2D eigenvalue weighted by atomic mass is 13.9. The van der Waals surface area contributed by atoms with Crippen molar-refractivity contribution in [3.05, 3.63) is 132 Å². The zero-order valence-corrected chi connectivity index (χ0v) is 18.4. The molecule has 0 aromatic carbocycles. The molecule has 0 atom stereocenters. The molecule has 0 heterocycles. The third-order valence-corrected chi connectivity index (χ3v) is 3.59. The molecular weight excluding hydrogens is 336 g/mol. The predicted molar refractivity (Wildman–Crippen MR) is 130 cm³/mol. The monoisotopic (exact) mass is 372 g/mol. The van der Waals surface area contributed by atoms with Gasteiger partial charge in [-0.3, -0.25) is 0 Å². The maximum absolute atomic E-state index is 2.11. The molecule has 0 aromatic rings. The third kappa shape index (κ3) is 16.6. The first-order chi connectivity index (χ1) is 13.5. The number of rotatable bonds is 10. The van der Waals surface area contributed by atoms with Gasteiger partial charge in [-0.2, -0.15) is 0 Å². The molecule has 0 unspecified atom stereocenters. The van der Waals surface area contributed by atoms with E-state index in [9.17, 15) is 0 Å². The van der Waals surface area contributed by atoms with Crippen molar-refractivity contribution >= 4 is 0 Å². The molecule has 0 aliphatic heterocycles. The highest BCUT2D eigenvalue weighted by Crippen LogP contribution is 2.02. The second kappa shape index (κ2) is 17.5. The first kappa shape index (κ1) is 25.1. The average Bonchev–Trinajstić information content (AvgIpc) is 2.65. The van der Waals surface area contributed by atoms with Gasteiger partial charge in [-0.25, -0.2) is 0 Å². The van der Waals surface area contributed by atoms with Crippen molar-refractivity contribution < 1.29 is 0 Å². The van der Waals surface area contributed by atoms with Crippen LogP contribution >= 0.6 is 0 Å². The Morgan fingerprint density at radius 1 is 0.357 bits per heavy atom. The zero-order valence-electron chi connectivity index (χ0n) is 18.4. The summed E-state index contributed by atoms with van der Waals surface area (Å²) in [7, 11) is 0. The number of hydrogen-bond donors (Lipinski definition) is 0. The Morgan fingerprint density at radius 3 is 0.964 bits per heavy atom. The van der Waals surface area contributed by atoms with Gasteiger partial charge >= 0.3 is 0 Å². The van der Waals surface area contributed by atoms with Crippen molar-refractivity contribution in [1.29, 1.82) is 0 Å². The van der Waals surface area contributed by atoms with Gasteiger partial charge in [0.1, 0.15) is 0 Å². The largest absolute Gasteiger partial charge is 0.0877 e. The summed E-state index contributed by atoms with van der Waals surface area (Å²) in [4.78, 5) is 0. The van der Waals surface area contributed by atoms with Gasteiger partial charge in [0.15, 0.2) is 0 Å². The quantitative estimate of drug-likeness (QED) is 0.336. The Balaban J connectivity index is 4.62. The highest BCUT2D eigenvalue weighted by Gasteiger charge is 1.81. The van der Waals surface area contributed by atoms with Crippen LogP contribution in [-0.4, -0.2) is 0 Å². The molecule has 0 amide bonds. The van der Waals surface area contributed by atoms with Crippen molar-refractivity contribution in [1.82, 2.24) is 0 Å². The van der Waals surface area contributed by atoms with E-state index in [0.717, 1.165) is 0 Å². The van der Waals surface area contributed by atoms with E-state index in [2.05, 4.69) is 101 Å². The van der Waals surface area contributed by atoms with Crippen molar-refractivity contribution in [3.8, 4) is 0 Å². The van der Waals surface area contributed by atoms with Gasteiger partial charge in [-0.15, -0.1) is 0 Å². The van der Waals surface area contributed by atoms with Crippen LogP contribution in [0.25, 0.3) is 0 Å². The minimum atomic E-state index is 1.21. The summed E-state index contributed by atoms with van der Waals surface area (Å²) in [5.74, 6) is 0. The summed E-state index contributed by atoms with van der Waals surface area (Å²) in [5, 5.41) is 0.